The molecule has 0 amide bonds. The molecule has 94 valence electrons. The lowest BCUT2D eigenvalue weighted by atomic mass is 10.1. The quantitative estimate of drug-likeness (QED) is 0.828. The largest absolute Gasteiger partial charge is 0.357 e. The third kappa shape index (κ3) is 1.96. The Balaban J connectivity index is 2.07. The van der Waals surface area contributed by atoms with Crippen LogP contribution in [0, 0.1) is 6.92 Å². The molecule has 1 aliphatic heterocycles. The predicted octanol–water partition coefficient (Wildman–Crippen LogP) is 1.62. The van der Waals surface area contributed by atoms with Gasteiger partial charge in [-0.1, -0.05) is 0 Å². The molecule has 1 aliphatic rings. The molecule has 0 radical (unpaired) electrons. The van der Waals surface area contributed by atoms with Crippen LogP contribution in [-0.2, 0) is 0 Å². The number of hydrogen-bond donors (Lipinski definition) is 1. The van der Waals surface area contributed by atoms with Gasteiger partial charge in [0, 0.05) is 13.1 Å². The number of aromatic amines is 1. The monoisotopic (exact) mass is 244 g/mol. The highest BCUT2D eigenvalue weighted by molar-refractivity contribution is 5.79. The Hall–Kier alpha value is -1.91. The van der Waals surface area contributed by atoms with Crippen molar-refractivity contribution in [2.45, 2.75) is 26.2 Å². The second-order valence-electron chi connectivity index (χ2n) is 4.76. The molecule has 0 bridgehead atoms. The number of aromatic nitrogens is 3. The first-order valence-electron chi connectivity index (χ1n) is 6.36. The van der Waals surface area contributed by atoms with Crippen LogP contribution in [0.5, 0.6) is 0 Å². The molecule has 1 N–H and O–H groups in total. The van der Waals surface area contributed by atoms with Gasteiger partial charge in [-0.25, -0.2) is 9.97 Å². The zero-order valence-corrected chi connectivity index (χ0v) is 10.4. The van der Waals surface area contributed by atoms with E-state index >= 15 is 0 Å². The number of fused-ring (bicyclic) bond motifs is 1. The summed E-state index contributed by atoms with van der Waals surface area (Å²) in [5.41, 5.74) is 0.579. The highest BCUT2D eigenvalue weighted by atomic mass is 16.1. The molecule has 3 heterocycles. The summed E-state index contributed by atoms with van der Waals surface area (Å²) in [6, 6.07) is 1.85. The first-order valence-corrected chi connectivity index (χ1v) is 6.36. The second kappa shape index (κ2) is 4.40. The van der Waals surface area contributed by atoms with Crippen LogP contribution in [0.3, 0.4) is 0 Å². The first kappa shape index (κ1) is 11.2. The van der Waals surface area contributed by atoms with Gasteiger partial charge in [-0.15, -0.1) is 0 Å². The van der Waals surface area contributed by atoms with Gasteiger partial charge in [0.25, 0.3) is 5.56 Å². The Kier molecular flexibility index (Phi) is 2.74. The van der Waals surface area contributed by atoms with E-state index in [2.05, 4.69) is 19.9 Å². The van der Waals surface area contributed by atoms with Gasteiger partial charge >= 0.3 is 0 Å². The van der Waals surface area contributed by atoms with Crippen LogP contribution in [0.15, 0.2) is 17.1 Å². The van der Waals surface area contributed by atoms with Gasteiger partial charge < -0.3 is 9.88 Å². The van der Waals surface area contributed by atoms with Gasteiger partial charge in [-0.3, -0.25) is 4.79 Å². The number of anilines is 1. The zero-order valence-electron chi connectivity index (χ0n) is 10.4. The van der Waals surface area contributed by atoms with Crippen molar-refractivity contribution in [3.63, 3.8) is 0 Å². The number of H-pyrrole nitrogens is 1. The van der Waals surface area contributed by atoms with E-state index in [0.29, 0.717) is 16.7 Å². The summed E-state index contributed by atoms with van der Waals surface area (Å²) in [7, 11) is 0. The number of hydrogen-bond acceptors (Lipinski definition) is 4. The van der Waals surface area contributed by atoms with Crippen LogP contribution in [0.1, 0.15) is 25.1 Å². The van der Waals surface area contributed by atoms with Crippen molar-refractivity contribution in [1.82, 2.24) is 15.0 Å². The van der Waals surface area contributed by atoms with E-state index in [0.717, 1.165) is 18.9 Å². The molecule has 5 nitrogen and oxygen atoms in total. The molecule has 0 aromatic carbocycles. The Morgan fingerprint density at radius 2 is 2.06 bits per heavy atom. The summed E-state index contributed by atoms with van der Waals surface area (Å²) in [5, 5.41) is 0.621. The molecule has 18 heavy (non-hydrogen) atoms. The maximum atomic E-state index is 11.9. The number of pyridine rings is 1. The molecule has 2 aromatic heterocycles. The van der Waals surface area contributed by atoms with Crippen molar-refractivity contribution in [2.75, 3.05) is 18.0 Å². The third-order valence-electron chi connectivity index (χ3n) is 3.38. The lowest BCUT2D eigenvalue weighted by Gasteiger charge is -2.27. The topological polar surface area (TPSA) is 61.9 Å². The minimum atomic E-state index is -0.0850. The van der Waals surface area contributed by atoms with Crippen molar-refractivity contribution < 1.29 is 0 Å². The van der Waals surface area contributed by atoms with Crippen LogP contribution in [0.4, 0.5) is 5.82 Å². The summed E-state index contributed by atoms with van der Waals surface area (Å²) in [4.78, 5) is 25.6. The Morgan fingerprint density at radius 1 is 1.28 bits per heavy atom. The minimum Gasteiger partial charge on any atom is -0.357 e. The van der Waals surface area contributed by atoms with Crippen molar-refractivity contribution in [2.24, 2.45) is 0 Å². The molecule has 0 aliphatic carbocycles. The minimum absolute atomic E-state index is 0.0850. The second-order valence-corrected chi connectivity index (χ2v) is 4.76. The summed E-state index contributed by atoms with van der Waals surface area (Å²) in [6.45, 7) is 3.82. The molecule has 0 spiro atoms. The van der Waals surface area contributed by atoms with Crippen molar-refractivity contribution >= 4 is 16.7 Å². The van der Waals surface area contributed by atoms with Crippen molar-refractivity contribution in [1.29, 1.82) is 0 Å². The molecule has 5 heteroatoms. The van der Waals surface area contributed by atoms with Gasteiger partial charge in [0.2, 0.25) is 0 Å². The first-order chi connectivity index (χ1) is 8.74. The maximum absolute atomic E-state index is 11.9. The van der Waals surface area contributed by atoms with E-state index in [-0.39, 0.29) is 5.56 Å². The number of rotatable bonds is 1. The maximum Gasteiger partial charge on any atom is 0.258 e. The van der Waals surface area contributed by atoms with E-state index in [1.807, 2.05) is 6.07 Å². The van der Waals surface area contributed by atoms with Gasteiger partial charge in [-0.05, 0) is 32.3 Å². The fourth-order valence-electron chi connectivity index (χ4n) is 2.44. The molecule has 0 saturated carbocycles. The van der Waals surface area contributed by atoms with Gasteiger partial charge in [0.15, 0.2) is 0 Å². The lowest BCUT2D eigenvalue weighted by Crippen LogP contribution is -2.30. The van der Waals surface area contributed by atoms with Gasteiger partial charge in [0.05, 0.1) is 17.1 Å². The molecular weight excluding hydrogens is 228 g/mol. The summed E-state index contributed by atoms with van der Waals surface area (Å²) < 4.78 is 0. The summed E-state index contributed by atoms with van der Waals surface area (Å²) >= 11 is 0. The van der Waals surface area contributed by atoms with Crippen molar-refractivity contribution in [3.8, 4) is 0 Å². The van der Waals surface area contributed by atoms with Crippen LogP contribution in [-0.4, -0.2) is 28.0 Å². The van der Waals surface area contributed by atoms with Crippen LogP contribution < -0.4 is 10.5 Å². The molecule has 1 fully saturated rings. The third-order valence-corrected chi connectivity index (χ3v) is 3.38. The predicted molar refractivity (Wildman–Crippen MR) is 71.0 cm³/mol. The summed E-state index contributed by atoms with van der Waals surface area (Å²) in [6.07, 6.45) is 5.37. The lowest BCUT2D eigenvalue weighted by molar-refractivity contribution is 0.573. The number of piperidine rings is 1. The van der Waals surface area contributed by atoms with Gasteiger partial charge in [-0.2, -0.15) is 0 Å². The summed E-state index contributed by atoms with van der Waals surface area (Å²) in [5.74, 6) is 1.51. The molecule has 0 atom stereocenters. The standard InChI is InChI=1S/C13H16N4O/c1-9-15-11-8-14-12(7-10(11)13(18)16-9)17-5-3-2-4-6-17/h7-8H,2-6H2,1H3,(H,15,16,18). The molecule has 1 saturated heterocycles. The highest BCUT2D eigenvalue weighted by Crippen LogP contribution is 2.19. The molecular formula is C13H16N4O. The zero-order chi connectivity index (χ0) is 12.5. The number of aryl methyl sites for hydroxylation is 1. The van der Waals surface area contributed by atoms with Crippen LogP contribution in [0.25, 0.3) is 10.9 Å². The SMILES string of the molecule is Cc1nc2cnc(N3CCCCC3)cc2c(=O)[nH]1. The van der Waals surface area contributed by atoms with Crippen molar-refractivity contribution in [3.05, 3.63) is 28.4 Å². The van der Waals surface area contributed by atoms with E-state index in [4.69, 9.17) is 0 Å². The van der Waals surface area contributed by atoms with E-state index in [9.17, 15) is 4.79 Å². The molecule has 2 aromatic rings. The van der Waals surface area contributed by atoms with Crippen LogP contribution >= 0.6 is 0 Å². The van der Waals surface area contributed by atoms with Crippen LogP contribution in [0.2, 0.25) is 0 Å². The average Bonchev–Trinajstić information content (AvgIpc) is 2.39. The smallest absolute Gasteiger partial charge is 0.258 e. The van der Waals surface area contributed by atoms with E-state index in [1.165, 1.54) is 19.3 Å². The number of nitrogens with one attached hydrogen (secondary N) is 1. The Labute approximate surface area is 105 Å². The molecule has 3 rings (SSSR count). The number of nitrogens with zero attached hydrogens (tertiary/aromatic N) is 3. The Bertz CT molecular complexity index is 628. The highest BCUT2D eigenvalue weighted by Gasteiger charge is 2.13. The normalized spacial score (nSPS) is 16.2. The Morgan fingerprint density at radius 3 is 2.83 bits per heavy atom. The fraction of sp³-hybridized carbons (Fsp3) is 0.462. The average molecular weight is 244 g/mol. The fourth-order valence-corrected chi connectivity index (χ4v) is 2.44. The van der Waals surface area contributed by atoms with Gasteiger partial charge in [0.1, 0.15) is 11.6 Å². The van der Waals surface area contributed by atoms with E-state index in [1.54, 1.807) is 13.1 Å². The molecule has 0 unspecified atom stereocenters. The van der Waals surface area contributed by atoms with E-state index < -0.39 is 0 Å².